The molecule has 0 bridgehead atoms. The summed E-state index contributed by atoms with van der Waals surface area (Å²) in [6, 6.07) is 18.1. The van der Waals surface area contributed by atoms with Crippen LogP contribution in [0.2, 0.25) is 0 Å². The minimum Gasteiger partial charge on any atom is -0.353 e. The summed E-state index contributed by atoms with van der Waals surface area (Å²) in [4.78, 5) is 20.0. The third-order valence-electron chi connectivity index (χ3n) is 4.39. The first-order valence-electron chi connectivity index (χ1n) is 8.41. The third kappa shape index (κ3) is 3.24. The summed E-state index contributed by atoms with van der Waals surface area (Å²) in [7, 11) is 0. The smallest absolute Gasteiger partial charge is 0.224 e. The van der Waals surface area contributed by atoms with Gasteiger partial charge in [-0.3, -0.25) is 9.78 Å². The Kier molecular flexibility index (Phi) is 3.94. The monoisotopic (exact) mass is 329 g/mol. The van der Waals surface area contributed by atoms with Crippen LogP contribution in [0.5, 0.6) is 0 Å². The molecule has 0 fully saturated rings. The molecule has 2 aromatic carbocycles. The van der Waals surface area contributed by atoms with Crippen molar-refractivity contribution in [2.45, 2.75) is 19.8 Å². The van der Waals surface area contributed by atoms with Gasteiger partial charge in [0.1, 0.15) is 0 Å². The maximum atomic E-state index is 12.2. The van der Waals surface area contributed by atoms with Crippen LogP contribution in [-0.2, 0) is 11.2 Å². The zero-order valence-corrected chi connectivity index (χ0v) is 14.0. The normalized spacial score (nSPS) is 11.1. The molecule has 0 atom stereocenters. The molecule has 124 valence electrons. The molecule has 2 heterocycles. The molecule has 1 amide bonds. The van der Waals surface area contributed by atoms with Crippen molar-refractivity contribution in [2.24, 2.45) is 0 Å². The Morgan fingerprint density at radius 2 is 1.84 bits per heavy atom. The average Bonchev–Trinajstić information content (AvgIpc) is 3.00. The van der Waals surface area contributed by atoms with E-state index in [0.29, 0.717) is 12.8 Å². The maximum Gasteiger partial charge on any atom is 0.224 e. The number of amides is 1. The number of aryl methyl sites for hydroxylation is 2. The molecule has 2 aromatic heterocycles. The van der Waals surface area contributed by atoms with Crippen molar-refractivity contribution in [3.05, 3.63) is 72.1 Å². The van der Waals surface area contributed by atoms with Crippen LogP contribution >= 0.6 is 0 Å². The van der Waals surface area contributed by atoms with E-state index in [-0.39, 0.29) is 5.91 Å². The van der Waals surface area contributed by atoms with Gasteiger partial charge in [-0.2, -0.15) is 0 Å². The number of para-hydroxylation sites is 1. The van der Waals surface area contributed by atoms with Crippen LogP contribution in [0.4, 0.5) is 5.69 Å². The highest BCUT2D eigenvalue weighted by atomic mass is 16.1. The zero-order chi connectivity index (χ0) is 17.2. The molecule has 0 unspecified atom stereocenters. The molecular weight excluding hydrogens is 310 g/mol. The summed E-state index contributed by atoms with van der Waals surface area (Å²) >= 11 is 0. The van der Waals surface area contributed by atoms with E-state index in [1.54, 1.807) is 0 Å². The number of pyridine rings is 1. The van der Waals surface area contributed by atoms with E-state index >= 15 is 0 Å². The molecule has 0 aliphatic rings. The summed E-state index contributed by atoms with van der Waals surface area (Å²) in [6.07, 6.45) is 2.88. The van der Waals surface area contributed by atoms with E-state index in [9.17, 15) is 4.79 Å². The largest absolute Gasteiger partial charge is 0.353 e. The van der Waals surface area contributed by atoms with Crippen LogP contribution in [-0.4, -0.2) is 15.9 Å². The third-order valence-corrected chi connectivity index (χ3v) is 4.39. The van der Waals surface area contributed by atoms with Gasteiger partial charge in [0.15, 0.2) is 0 Å². The Labute approximate surface area is 145 Å². The molecule has 0 spiro atoms. The van der Waals surface area contributed by atoms with Crippen molar-refractivity contribution in [2.75, 3.05) is 5.32 Å². The fraction of sp³-hybridized carbons (Fsp3) is 0.143. The minimum atomic E-state index is 0.00433. The first-order valence-corrected chi connectivity index (χ1v) is 8.41. The van der Waals surface area contributed by atoms with E-state index < -0.39 is 0 Å². The van der Waals surface area contributed by atoms with Gasteiger partial charge < -0.3 is 10.3 Å². The second kappa shape index (κ2) is 6.40. The summed E-state index contributed by atoms with van der Waals surface area (Å²) in [6.45, 7) is 2.03. The Morgan fingerprint density at radius 3 is 2.68 bits per heavy atom. The number of nitrogens with one attached hydrogen (secondary N) is 2. The molecule has 0 aliphatic heterocycles. The number of fused-ring (bicyclic) bond motifs is 3. The molecule has 2 N–H and O–H groups in total. The van der Waals surface area contributed by atoms with Crippen LogP contribution in [0, 0.1) is 6.92 Å². The van der Waals surface area contributed by atoms with Gasteiger partial charge >= 0.3 is 0 Å². The Bertz CT molecular complexity index is 1050. The van der Waals surface area contributed by atoms with Gasteiger partial charge in [-0.05, 0) is 37.6 Å². The molecule has 0 aliphatic carbocycles. The van der Waals surface area contributed by atoms with Gasteiger partial charge in [0, 0.05) is 34.1 Å². The second-order valence-electron chi connectivity index (χ2n) is 6.31. The maximum absolute atomic E-state index is 12.2. The number of hydrogen-bond donors (Lipinski definition) is 2. The minimum absolute atomic E-state index is 0.00433. The zero-order valence-electron chi connectivity index (χ0n) is 14.0. The highest BCUT2D eigenvalue weighted by Gasteiger charge is 2.08. The van der Waals surface area contributed by atoms with Gasteiger partial charge in [-0.25, -0.2) is 0 Å². The molecule has 4 rings (SSSR count). The van der Waals surface area contributed by atoms with Gasteiger partial charge in [0.05, 0.1) is 11.7 Å². The van der Waals surface area contributed by atoms with Crippen LogP contribution in [0.25, 0.3) is 21.8 Å². The number of aromatic amines is 1. The molecule has 4 aromatic rings. The first kappa shape index (κ1) is 15.4. The molecule has 0 saturated heterocycles. The Morgan fingerprint density at radius 1 is 1.04 bits per heavy atom. The number of nitrogens with zero attached hydrogens (tertiary/aromatic N) is 1. The lowest BCUT2D eigenvalue weighted by Crippen LogP contribution is -2.12. The number of carbonyl (C=O) groups excluding carboxylic acids is 1. The number of carbonyl (C=O) groups is 1. The lowest BCUT2D eigenvalue weighted by atomic mass is 10.1. The van der Waals surface area contributed by atoms with Crippen LogP contribution in [0.15, 0.2) is 60.8 Å². The average molecular weight is 329 g/mol. The topological polar surface area (TPSA) is 57.8 Å². The van der Waals surface area contributed by atoms with Gasteiger partial charge in [-0.1, -0.05) is 35.9 Å². The van der Waals surface area contributed by atoms with E-state index in [1.807, 2.05) is 49.5 Å². The fourth-order valence-corrected chi connectivity index (χ4v) is 3.03. The number of H-pyrrole nitrogens is 1. The van der Waals surface area contributed by atoms with Crippen molar-refractivity contribution in [3.63, 3.8) is 0 Å². The second-order valence-corrected chi connectivity index (χ2v) is 6.31. The predicted molar refractivity (Wildman–Crippen MR) is 102 cm³/mol. The van der Waals surface area contributed by atoms with E-state index in [1.165, 1.54) is 10.9 Å². The SMILES string of the molecule is Cc1ccc(NC(=O)CCc2cc3c(cn2)[nH]c2ccccc23)cc1. The fourth-order valence-electron chi connectivity index (χ4n) is 3.03. The van der Waals surface area contributed by atoms with Crippen LogP contribution < -0.4 is 5.32 Å². The number of benzene rings is 2. The number of hydrogen-bond acceptors (Lipinski definition) is 2. The van der Waals surface area contributed by atoms with Gasteiger partial charge in [0.25, 0.3) is 0 Å². The molecule has 4 nitrogen and oxygen atoms in total. The summed E-state index contributed by atoms with van der Waals surface area (Å²) in [5, 5.41) is 5.27. The van der Waals surface area contributed by atoms with Crippen molar-refractivity contribution < 1.29 is 4.79 Å². The molecule has 0 saturated carbocycles. The van der Waals surface area contributed by atoms with Gasteiger partial charge in [-0.15, -0.1) is 0 Å². The van der Waals surface area contributed by atoms with Gasteiger partial charge in [0.2, 0.25) is 5.91 Å². The number of anilines is 1. The highest BCUT2D eigenvalue weighted by molar-refractivity contribution is 6.07. The molecular formula is C21H19N3O. The molecule has 0 radical (unpaired) electrons. The summed E-state index contributed by atoms with van der Waals surface area (Å²) in [5.74, 6) is 0.00433. The summed E-state index contributed by atoms with van der Waals surface area (Å²) < 4.78 is 0. The van der Waals surface area contributed by atoms with Crippen molar-refractivity contribution in [3.8, 4) is 0 Å². The highest BCUT2D eigenvalue weighted by Crippen LogP contribution is 2.25. The molecule has 25 heavy (non-hydrogen) atoms. The van der Waals surface area contributed by atoms with Crippen LogP contribution in [0.1, 0.15) is 17.7 Å². The molecule has 4 heteroatoms. The van der Waals surface area contributed by atoms with E-state index in [2.05, 4.69) is 33.5 Å². The lowest BCUT2D eigenvalue weighted by molar-refractivity contribution is -0.116. The standard InChI is InChI=1S/C21H19N3O/c1-14-6-8-15(9-7-14)23-21(25)11-10-16-12-18-17-4-2-3-5-19(17)24-20(18)13-22-16/h2-9,12-13,24H,10-11H2,1H3,(H,23,25). The van der Waals surface area contributed by atoms with E-state index in [4.69, 9.17) is 0 Å². The Hall–Kier alpha value is -3.14. The van der Waals surface area contributed by atoms with Crippen molar-refractivity contribution in [1.29, 1.82) is 0 Å². The van der Waals surface area contributed by atoms with E-state index in [0.717, 1.165) is 27.8 Å². The summed E-state index contributed by atoms with van der Waals surface area (Å²) in [5.41, 5.74) is 5.06. The Balaban J connectivity index is 1.48. The quantitative estimate of drug-likeness (QED) is 0.575. The van der Waals surface area contributed by atoms with Crippen LogP contribution in [0.3, 0.4) is 0 Å². The lowest BCUT2D eigenvalue weighted by Gasteiger charge is -2.05. The van der Waals surface area contributed by atoms with Crippen molar-refractivity contribution >= 4 is 33.4 Å². The first-order chi connectivity index (χ1) is 12.2. The number of rotatable bonds is 4. The predicted octanol–water partition coefficient (Wildman–Crippen LogP) is 4.60. The number of aromatic nitrogens is 2. The van der Waals surface area contributed by atoms with Crippen molar-refractivity contribution in [1.82, 2.24) is 9.97 Å².